The summed E-state index contributed by atoms with van der Waals surface area (Å²) in [7, 11) is 1.15. The average Bonchev–Trinajstić information content (AvgIpc) is 3.60. The number of pyridine rings is 1. The van der Waals surface area contributed by atoms with Gasteiger partial charge in [0.15, 0.2) is 6.17 Å². The summed E-state index contributed by atoms with van der Waals surface area (Å²) in [5.41, 5.74) is 8.76. The summed E-state index contributed by atoms with van der Waals surface area (Å²) in [4.78, 5) is 0. The van der Waals surface area contributed by atoms with Gasteiger partial charge in [0.25, 0.3) is 0 Å². The molecule has 0 bridgehead atoms. The predicted octanol–water partition coefficient (Wildman–Crippen LogP) is 9.54. The lowest BCUT2D eigenvalue weighted by atomic mass is 9.83. The highest BCUT2D eigenvalue weighted by atomic mass is 28.3. The van der Waals surface area contributed by atoms with Crippen LogP contribution >= 0.6 is 0 Å². The van der Waals surface area contributed by atoms with E-state index in [4.69, 9.17) is 1.37 Å². The smallest absolute Gasteiger partial charge is 0.200 e. The Kier molecular flexibility index (Phi) is 6.28. The summed E-state index contributed by atoms with van der Waals surface area (Å²) < 4.78 is 11.1. The van der Waals surface area contributed by atoms with Crippen LogP contribution in [0.1, 0.15) is 106 Å². The summed E-state index contributed by atoms with van der Waals surface area (Å²) in [6.45, 7) is 7.49. The molecule has 1 aromatic heterocycles. The fourth-order valence-corrected chi connectivity index (χ4v) is 10.3. The molecular weight excluding hydrogens is 450 g/mol. The maximum Gasteiger partial charge on any atom is 0.220 e. The van der Waals surface area contributed by atoms with Crippen LogP contribution in [0.25, 0.3) is 22.0 Å². The Bertz CT molecular complexity index is 1300. The van der Waals surface area contributed by atoms with Crippen molar-refractivity contribution in [3.8, 4) is 11.3 Å². The fraction of sp³-hybridized carbons (Fsp3) is 0.559. The van der Waals surface area contributed by atoms with Crippen LogP contribution in [0, 0.1) is 6.92 Å². The highest BCUT2D eigenvalue weighted by Crippen LogP contribution is 2.44. The molecule has 1 aliphatic heterocycles. The van der Waals surface area contributed by atoms with Gasteiger partial charge in [0.05, 0.1) is 10.9 Å². The van der Waals surface area contributed by atoms with Gasteiger partial charge in [0.2, 0.25) is 5.69 Å². The van der Waals surface area contributed by atoms with Gasteiger partial charge in [0, 0.05) is 14.1 Å². The number of fused-ring (bicyclic) bond motifs is 1. The lowest BCUT2D eigenvalue weighted by Crippen LogP contribution is -2.31. The highest BCUT2D eigenvalue weighted by molar-refractivity contribution is 6.77. The van der Waals surface area contributed by atoms with E-state index in [1.807, 2.05) is 0 Å². The summed E-state index contributed by atoms with van der Waals surface area (Å²) in [6, 6.07) is 17.4. The van der Waals surface area contributed by atoms with E-state index in [9.17, 15) is 0 Å². The van der Waals surface area contributed by atoms with Gasteiger partial charge in [-0.05, 0) is 103 Å². The number of nitrogens with zero attached hydrogens (tertiary/aromatic N) is 1. The van der Waals surface area contributed by atoms with Gasteiger partial charge in [-0.3, -0.25) is 0 Å². The Hall–Kier alpha value is -1.93. The molecule has 3 aliphatic rings. The lowest BCUT2D eigenvalue weighted by molar-refractivity contribution is -0.659. The van der Waals surface area contributed by atoms with Gasteiger partial charge >= 0.3 is 0 Å². The summed E-state index contributed by atoms with van der Waals surface area (Å²) in [5, 5.41) is 2.57. The van der Waals surface area contributed by atoms with E-state index in [1.165, 1.54) is 109 Å². The standard InChI is InChI=1S/C34H46NSi/c1-24-32(27-11-7-8-12-27)22-30(25-9-5-6-10-25)23-33(24)34-31-14-13-28(21-29(31)15-18-35(34)2)26-16-19-36(3,4)20-17-26/h13-15,18,21-23,25-27H,5-12,16-17,19-20H2,1-4H3/q+1/i18D. The fourth-order valence-electron chi connectivity index (χ4n) is 7.80. The molecule has 190 valence electrons. The van der Waals surface area contributed by atoms with Crippen LogP contribution in [0.15, 0.2) is 42.6 Å². The average molecular weight is 498 g/mol. The minimum Gasteiger partial charge on any atom is -0.200 e. The molecule has 3 aromatic rings. The van der Waals surface area contributed by atoms with Crippen LogP contribution < -0.4 is 4.57 Å². The third-order valence-electron chi connectivity index (χ3n) is 10.2. The second-order valence-corrected chi connectivity index (χ2v) is 18.5. The molecule has 2 aromatic carbocycles. The zero-order valence-corrected chi connectivity index (χ0v) is 24.1. The van der Waals surface area contributed by atoms with Crippen molar-refractivity contribution in [1.82, 2.24) is 0 Å². The molecule has 0 amide bonds. The third-order valence-corrected chi connectivity index (χ3v) is 13.5. The number of benzene rings is 2. The van der Waals surface area contributed by atoms with Crippen LogP contribution in [0.5, 0.6) is 0 Å². The first kappa shape index (κ1) is 23.2. The second-order valence-electron chi connectivity index (χ2n) is 13.2. The van der Waals surface area contributed by atoms with Gasteiger partial charge in [-0.2, -0.15) is 0 Å². The molecule has 6 rings (SSSR count). The molecule has 1 nitrogen and oxygen atoms in total. The normalized spacial score (nSPS) is 21.9. The highest BCUT2D eigenvalue weighted by Gasteiger charge is 2.30. The van der Waals surface area contributed by atoms with Crippen molar-refractivity contribution in [1.29, 1.82) is 0 Å². The SMILES string of the molecule is [2H]c1cc2cc(C3CC[Si](C)(C)CC3)ccc2c(-c2cc(C3CCCC3)cc(C3CCCC3)c2C)[n+]1C. The van der Waals surface area contributed by atoms with Crippen molar-refractivity contribution in [3.63, 3.8) is 0 Å². The maximum absolute atomic E-state index is 8.94. The molecular formula is C34H46NSi+. The second kappa shape index (κ2) is 9.75. The number of rotatable bonds is 4. The first-order chi connectivity index (χ1) is 17.8. The molecule has 2 heterocycles. The summed E-state index contributed by atoms with van der Waals surface area (Å²) >= 11 is 0. The Morgan fingerprint density at radius 2 is 1.42 bits per heavy atom. The topological polar surface area (TPSA) is 3.88 Å². The van der Waals surface area contributed by atoms with E-state index in [-0.39, 0.29) is 0 Å². The number of hydrogen-bond acceptors (Lipinski definition) is 0. The Labute approximate surface area is 221 Å². The van der Waals surface area contributed by atoms with Gasteiger partial charge in [0.1, 0.15) is 8.42 Å². The maximum atomic E-state index is 8.94. The quantitative estimate of drug-likeness (QED) is 0.249. The Morgan fingerprint density at radius 1 is 0.778 bits per heavy atom. The zero-order chi connectivity index (χ0) is 25.7. The van der Waals surface area contributed by atoms with E-state index in [2.05, 4.69) is 68.0 Å². The van der Waals surface area contributed by atoms with Crippen molar-refractivity contribution in [2.45, 2.75) is 114 Å². The first-order valence-electron chi connectivity index (χ1n) is 15.4. The molecule has 2 aliphatic carbocycles. The van der Waals surface area contributed by atoms with Gasteiger partial charge < -0.3 is 0 Å². The van der Waals surface area contributed by atoms with Gasteiger partial charge in [-0.1, -0.05) is 69.1 Å². The molecule has 0 spiro atoms. The van der Waals surface area contributed by atoms with Crippen LogP contribution in [0.4, 0.5) is 0 Å². The van der Waals surface area contributed by atoms with Crippen molar-refractivity contribution >= 4 is 18.8 Å². The van der Waals surface area contributed by atoms with Crippen LogP contribution in [0.3, 0.4) is 0 Å². The van der Waals surface area contributed by atoms with Crippen molar-refractivity contribution < 1.29 is 5.94 Å². The van der Waals surface area contributed by atoms with E-state index in [0.717, 1.165) is 0 Å². The molecule has 0 N–H and O–H groups in total. The number of aromatic nitrogens is 1. The molecule has 3 fully saturated rings. The van der Waals surface area contributed by atoms with Crippen molar-refractivity contribution in [2.24, 2.45) is 7.05 Å². The van der Waals surface area contributed by atoms with Gasteiger partial charge in [-0.25, -0.2) is 4.57 Å². The minimum atomic E-state index is -0.962. The molecule has 2 heteroatoms. The molecule has 0 radical (unpaired) electrons. The Balaban J connectivity index is 1.49. The minimum absolute atomic E-state index is 0.616. The zero-order valence-electron chi connectivity index (χ0n) is 24.1. The van der Waals surface area contributed by atoms with E-state index in [1.54, 1.807) is 11.1 Å². The molecule has 36 heavy (non-hydrogen) atoms. The summed E-state index contributed by atoms with van der Waals surface area (Å²) in [5.74, 6) is 2.11. The van der Waals surface area contributed by atoms with E-state index >= 15 is 0 Å². The van der Waals surface area contributed by atoms with Crippen molar-refractivity contribution in [3.05, 3.63) is 64.8 Å². The molecule has 2 saturated carbocycles. The monoisotopic (exact) mass is 497 g/mol. The van der Waals surface area contributed by atoms with Crippen LogP contribution in [-0.4, -0.2) is 8.07 Å². The first-order valence-corrected chi connectivity index (χ1v) is 18.3. The van der Waals surface area contributed by atoms with Crippen molar-refractivity contribution in [2.75, 3.05) is 0 Å². The predicted molar refractivity (Wildman–Crippen MR) is 157 cm³/mol. The van der Waals surface area contributed by atoms with Gasteiger partial charge in [-0.15, -0.1) is 0 Å². The van der Waals surface area contributed by atoms with E-state index in [0.29, 0.717) is 23.9 Å². The number of hydrogen-bond donors (Lipinski definition) is 0. The van der Waals surface area contributed by atoms with E-state index < -0.39 is 8.07 Å². The molecule has 0 atom stereocenters. The summed E-state index contributed by atoms with van der Waals surface area (Å²) in [6.07, 6.45) is 14.1. The third kappa shape index (κ3) is 4.60. The largest absolute Gasteiger partial charge is 0.220 e. The molecule has 1 saturated heterocycles. The lowest BCUT2D eigenvalue weighted by Gasteiger charge is -2.33. The van der Waals surface area contributed by atoms with Crippen LogP contribution in [0.2, 0.25) is 25.2 Å². The Morgan fingerprint density at radius 3 is 2.11 bits per heavy atom. The van der Waals surface area contributed by atoms with Crippen LogP contribution in [-0.2, 0) is 7.05 Å². The molecule has 0 unspecified atom stereocenters.